The van der Waals surface area contributed by atoms with Crippen molar-refractivity contribution in [1.29, 1.82) is 0 Å². The van der Waals surface area contributed by atoms with Crippen LogP contribution in [0.4, 0.5) is 0 Å². The van der Waals surface area contributed by atoms with Gasteiger partial charge in [0.25, 0.3) is 0 Å². The van der Waals surface area contributed by atoms with Crippen LogP contribution in [0, 0.1) is 5.41 Å². The van der Waals surface area contributed by atoms with Gasteiger partial charge in [0.15, 0.2) is 0 Å². The first kappa shape index (κ1) is 9.30. The minimum absolute atomic E-state index is 0.154. The molecule has 1 rings (SSSR count). The highest BCUT2D eigenvalue weighted by Gasteiger charge is 2.37. The first-order valence-corrected chi connectivity index (χ1v) is 4.41. The quantitative estimate of drug-likeness (QED) is 0.596. The predicted octanol–water partition coefficient (Wildman–Crippen LogP) is 2.00. The standard InChI is InChI=1S/C10H17NO/c1-7(2)8-4-5-10(3,6-8)9(11)12/h4-6H2,1-3H3,(H2,11,12). The molecule has 2 heteroatoms. The molecule has 0 aromatic rings. The van der Waals surface area contributed by atoms with Crippen LogP contribution in [-0.2, 0) is 4.79 Å². The second kappa shape index (κ2) is 2.92. The molecule has 0 aromatic carbocycles. The Morgan fingerprint density at radius 1 is 1.50 bits per heavy atom. The molecule has 1 saturated carbocycles. The monoisotopic (exact) mass is 167 g/mol. The van der Waals surface area contributed by atoms with Gasteiger partial charge in [-0.1, -0.05) is 18.1 Å². The summed E-state index contributed by atoms with van der Waals surface area (Å²) in [4.78, 5) is 11.1. The third kappa shape index (κ3) is 1.52. The lowest BCUT2D eigenvalue weighted by atomic mass is 9.87. The van der Waals surface area contributed by atoms with Crippen LogP contribution in [0.2, 0.25) is 0 Å². The third-order valence-corrected chi connectivity index (χ3v) is 2.88. The summed E-state index contributed by atoms with van der Waals surface area (Å²) in [5.41, 5.74) is 7.82. The van der Waals surface area contributed by atoms with Crippen molar-refractivity contribution in [2.24, 2.45) is 11.1 Å². The van der Waals surface area contributed by atoms with Gasteiger partial charge in [-0.15, -0.1) is 0 Å². The Labute approximate surface area is 73.8 Å². The molecule has 68 valence electrons. The lowest BCUT2D eigenvalue weighted by Gasteiger charge is -2.17. The summed E-state index contributed by atoms with van der Waals surface area (Å²) in [6, 6.07) is 0. The lowest BCUT2D eigenvalue weighted by molar-refractivity contribution is -0.126. The Balaban J connectivity index is 2.81. The molecule has 1 aliphatic carbocycles. The predicted molar refractivity (Wildman–Crippen MR) is 49.5 cm³/mol. The van der Waals surface area contributed by atoms with E-state index in [0.29, 0.717) is 0 Å². The molecule has 2 nitrogen and oxygen atoms in total. The molecule has 1 atom stereocenters. The summed E-state index contributed by atoms with van der Waals surface area (Å²) in [5.74, 6) is -0.154. The fraction of sp³-hybridized carbons (Fsp3) is 0.700. The van der Waals surface area contributed by atoms with Gasteiger partial charge in [0, 0.05) is 0 Å². The molecule has 0 aromatic heterocycles. The van der Waals surface area contributed by atoms with Crippen LogP contribution in [0.5, 0.6) is 0 Å². The first-order chi connectivity index (χ1) is 5.46. The number of carbonyl (C=O) groups is 1. The molecule has 2 N–H and O–H groups in total. The second-order valence-corrected chi connectivity index (χ2v) is 4.21. The van der Waals surface area contributed by atoms with Gasteiger partial charge in [-0.2, -0.15) is 0 Å². The highest BCUT2D eigenvalue weighted by molar-refractivity contribution is 5.81. The summed E-state index contributed by atoms with van der Waals surface area (Å²) in [5, 5.41) is 0. The van der Waals surface area contributed by atoms with E-state index >= 15 is 0 Å². The zero-order chi connectivity index (χ0) is 9.35. The molecule has 1 amide bonds. The van der Waals surface area contributed by atoms with Crippen LogP contribution in [0.25, 0.3) is 0 Å². The average molecular weight is 167 g/mol. The Morgan fingerprint density at radius 2 is 2.08 bits per heavy atom. The molecule has 12 heavy (non-hydrogen) atoms. The van der Waals surface area contributed by atoms with Crippen molar-refractivity contribution in [3.63, 3.8) is 0 Å². The SMILES string of the molecule is CC(C)=C1CCC(C)(C(N)=O)C1. The number of hydrogen-bond acceptors (Lipinski definition) is 1. The maximum absolute atomic E-state index is 11.1. The molecule has 1 fully saturated rings. The van der Waals surface area contributed by atoms with Gasteiger partial charge in [-0.3, -0.25) is 4.79 Å². The third-order valence-electron chi connectivity index (χ3n) is 2.88. The van der Waals surface area contributed by atoms with Gasteiger partial charge >= 0.3 is 0 Å². The fourth-order valence-electron chi connectivity index (χ4n) is 1.71. The summed E-state index contributed by atoms with van der Waals surface area (Å²) >= 11 is 0. The maximum atomic E-state index is 11.1. The summed E-state index contributed by atoms with van der Waals surface area (Å²) in [6.07, 6.45) is 2.83. The van der Waals surface area contributed by atoms with Crippen LogP contribution >= 0.6 is 0 Å². The number of primary amides is 1. The molecule has 1 unspecified atom stereocenters. The Bertz CT molecular complexity index is 238. The molecule has 0 saturated heterocycles. The van der Waals surface area contributed by atoms with E-state index < -0.39 is 0 Å². The number of hydrogen-bond donors (Lipinski definition) is 1. The average Bonchev–Trinajstić information content (AvgIpc) is 2.33. The number of rotatable bonds is 1. The van der Waals surface area contributed by atoms with Crippen LogP contribution < -0.4 is 5.73 Å². The fourth-order valence-corrected chi connectivity index (χ4v) is 1.71. The van der Waals surface area contributed by atoms with Crippen LogP contribution in [0.1, 0.15) is 40.0 Å². The van der Waals surface area contributed by atoms with Crippen molar-refractivity contribution in [3.8, 4) is 0 Å². The van der Waals surface area contributed by atoms with E-state index in [4.69, 9.17) is 5.73 Å². The molecule has 0 heterocycles. The van der Waals surface area contributed by atoms with E-state index in [-0.39, 0.29) is 11.3 Å². The maximum Gasteiger partial charge on any atom is 0.223 e. The van der Waals surface area contributed by atoms with E-state index in [9.17, 15) is 4.79 Å². The lowest BCUT2D eigenvalue weighted by Crippen LogP contribution is -2.31. The van der Waals surface area contributed by atoms with Gasteiger partial charge in [0.1, 0.15) is 0 Å². The Morgan fingerprint density at radius 3 is 2.33 bits per heavy atom. The van der Waals surface area contributed by atoms with Crippen LogP contribution in [0.15, 0.2) is 11.1 Å². The smallest absolute Gasteiger partial charge is 0.223 e. The number of carbonyl (C=O) groups excluding carboxylic acids is 1. The second-order valence-electron chi connectivity index (χ2n) is 4.21. The van der Waals surface area contributed by atoms with E-state index in [0.717, 1.165) is 19.3 Å². The Hall–Kier alpha value is -0.790. The van der Waals surface area contributed by atoms with Crippen molar-refractivity contribution in [1.82, 2.24) is 0 Å². The van der Waals surface area contributed by atoms with Gasteiger partial charge in [-0.05, 0) is 33.1 Å². The molecule has 0 aliphatic heterocycles. The molecular weight excluding hydrogens is 150 g/mol. The van der Waals surface area contributed by atoms with Crippen molar-refractivity contribution < 1.29 is 4.79 Å². The highest BCUT2D eigenvalue weighted by Crippen LogP contribution is 2.41. The van der Waals surface area contributed by atoms with Gasteiger partial charge in [0.05, 0.1) is 5.41 Å². The molecular formula is C10H17NO. The minimum atomic E-state index is -0.271. The minimum Gasteiger partial charge on any atom is -0.369 e. The van der Waals surface area contributed by atoms with E-state index in [1.807, 2.05) is 6.92 Å². The molecule has 1 aliphatic rings. The Kier molecular flexibility index (Phi) is 2.27. The summed E-state index contributed by atoms with van der Waals surface area (Å²) in [6.45, 7) is 6.16. The van der Waals surface area contributed by atoms with E-state index in [1.54, 1.807) is 0 Å². The zero-order valence-corrected chi connectivity index (χ0v) is 8.11. The van der Waals surface area contributed by atoms with Gasteiger partial charge in [-0.25, -0.2) is 0 Å². The zero-order valence-electron chi connectivity index (χ0n) is 8.11. The molecule has 0 radical (unpaired) electrons. The van der Waals surface area contributed by atoms with Crippen molar-refractivity contribution in [3.05, 3.63) is 11.1 Å². The van der Waals surface area contributed by atoms with Crippen LogP contribution in [-0.4, -0.2) is 5.91 Å². The summed E-state index contributed by atoms with van der Waals surface area (Å²) < 4.78 is 0. The van der Waals surface area contributed by atoms with Crippen molar-refractivity contribution in [2.45, 2.75) is 40.0 Å². The van der Waals surface area contributed by atoms with E-state index in [1.165, 1.54) is 11.1 Å². The first-order valence-electron chi connectivity index (χ1n) is 4.41. The largest absolute Gasteiger partial charge is 0.369 e. The van der Waals surface area contributed by atoms with Crippen molar-refractivity contribution in [2.75, 3.05) is 0 Å². The van der Waals surface area contributed by atoms with Crippen LogP contribution in [0.3, 0.4) is 0 Å². The molecule has 0 bridgehead atoms. The number of nitrogens with two attached hydrogens (primary N) is 1. The highest BCUT2D eigenvalue weighted by atomic mass is 16.1. The van der Waals surface area contributed by atoms with Crippen molar-refractivity contribution >= 4 is 5.91 Å². The summed E-state index contributed by atoms with van der Waals surface area (Å²) in [7, 11) is 0. The van der Waals surface area contributed by atoms with Gasteiger partial charge in [0.2, 0.25) is 5.91 Å². The molecule has 0 spiro atoms. The number of allylic oxidation sites excluding steroid dienone is 2. The topological polar surface area (TPSA) is 43.1 Å². The normalized spacial score (nSPS) is 29.1. The number of amides is 1. The van der Waals surface area contributed by atoms with E-state index in [2.05, 4.69) is 13.8 Å². The van der Waals surface area contributed by atoms with Gasteiger partial charge < -0.3 is 5.73 Å².